The molecule has 0 spiro atoms. The fraction of sp³-hybridized carbons (Fsp3) is 0.0938. The molecule has 0 aliphatic heterocycles. The maximum atomic E-state index is 5.16. The first-order chi connectivity index (χ1) is 17.6. The minimum Gasteiger partial charge on any atom is -0.540 e. The first-order valence-electron chi connectivity index (χ1n) is 11.7. The van der Waals surface area contributed by atoms with Crippen molar-refractivity contribution in [3.8, 4) is 28.4 Å². The van der Waals surface area contributed by atoms with Gasteiger partial charge in [-0.2, -0.15) is 0 Å². The number of hydrogen-bond acceptors (Lipinski definition) is 4. The van der Waals surface area contributed by atoms with Crippen LogP contribution in [0.5, 0.6) is 5.75 Å². The zero-order chi connectivity index (χ0) is 24.9. The molecule has 185 valence electrons. The number of methoxy groups -OCH3 is 1. The largest absolute Gasteiger partial charge is 0.540 e. The smallest absolute Gasteiger partial charge is 0.0756 e. The number of rotatable bonds is 3. The van der Waals surface area contributed by atoms with Crippen molar-refractivity contribution in [2.75, 3.05) is 7.11 Å². The summed E-state index contributed by atoms with van der Waals surface area (Å²) in [6.45, 7) is 4.15. The van der Waals surface area contributed by atoms with Crippen LogP contribution in [0.25, 0.3) is 44.3 Å². The van der Waals surface area contributed by atoms with E-state index in [0.29, 0.717) is 5.82 Å². The van der Waals surface area contributed by atoms with E-state index in [-0.39, 0.29) is 20.1 Å². The number of hydrogen-bond donors (Lipinski definition) is 0. The number of aromatic nitrogens is 3. The third-order valence-corrected chi connectivity index (χ3v) is 5.83. The van der Waals surface area contributed by atoms with Crippen molar-refractivity contribution < 1.29 is 24.8 Å². The molecule has 0 N–H and O–H groups in total. The molecule has 1 radical (unpaired) electrons. The molecule has 0 atom stereocenters. The molecule has 0 aliphatic carbocycles. The van der Waals surface area contributed by atoms with Crippen molar-refractivity contribution in [3.63, 3.8) is 0 Å². The summed E-state index contributed by atoms with van der Waals surface area (Å²) in [7, 11) is 1.64. The van der Waals surface area contributed by atoms with Gasteiger partial charge >= 0.3 is 0 Å². The molecule has 4 nitrogen and oxygen atoms in total. The zero-order valence-corrected chi connectivity index (χ0v) is 23.2. The monoisotopic (exact) mass is 660 g/mol. The van der Waals surface area contributed by atoms with E-state index in [1.165, 1.54) is 10.9 Å². The summed E-state index contributed by atoms with van der Waals surface area (Å²) in [6, 6.07) is 34.6. The van der Waals surface area contributed by atoms with E-state index in [4.69, 9.17) is 9.72 Å². The van der Waals surface area contributed by atoms with Crippen LogP contribution < -0.4 is 4.74 Å². The summed E-state index contributed by atoms with van der Waals surface area (Å²) in [6.07, 6.45) is 3.67. The summed E-state index contributed by atoms with van der Waals surface area (Å²) in [5.41, 5.74) is 6.29. The first kappa shape index (κ1) is 26.2. The van der Waals surface area contributed by atoms with Crippen molar-refractivity contribution in [3.05, 3.63) is 121 Å². The van der Waals surface area contributed by atoms with Crippen molar-refractivity contribution in [2.45, 2.75) is 13.8 Å². The van der Waals surface area contributed by atoms with Crippen LogP contribution in [-0.4, -0.2) is 22.1 Å². The Morgan fingerprint density at radius 2 is 1.59 bits per heavy atom. The molecule has 0 fully saturated rings. The Kier molecular flexibility index (Phi) is 8.39. The minimum atomic E-state index is 0. The number of aryl methyl sites for hydroxylation is 2. The van der Waals surface area contributed by atoms with Crippen LogP contribution in [0.15, 0.2) is 97.3 Å². The van der Waals surface area contributed by atoms with Crippen LogP contribution in [0.2, 0.25) is 0 Å². The van der Waals surface area contributed by atoms with Gasteiger partial charge in [0.15, 0.2) is 0 Å². The van der Waals surface area contributed by atoms with Crippen LogP contribution in [0, 0.1) is 26.0 Å². The van der Waals surface area contributed by atoms with Crippen LogP contribution >= 0.6 is 0 Å². The van der Waals surface area contributed by atoms with Crippen LogP contribution in [-0.2, 0) is 20.1 Å². The SMILES string of the molecule is COc1c[c-]c(-c2ncc3ccc4ccccc4c3n2)cc1.Cc1[c-]c(-c2ccccn2)cc(C)c1.[Ir]. The standard InChI is InChI=1S/C19H13N2O.C13H12N.Ir/c1-22-16-10-8-14(9-11-16)19-20-12-15-7-6-13-4-2-3-5-17(13)18(15)21-19;1-10-7-11(2)9-12(8-10)13-5-3-4-6-14-13;/h2-8,10-12H,1H3;3-8H,1-2H3;/q2*-1;. The average molecular weight is 660 g/mol. The van der Waals surface area contributed by atoms with E-state index in [1.54, 1.807) is 19.4 Å². The van der Waals surface area contributed by atoms with Gasteiger partial charge in [-0.1, -0.05) is 62.4 Å². The van der Waals surface area contributed by atoms with Crippen molar-refractivity contribution >= 4 is 21.7 Å². The van der Waals surface area contributed by atoms with Gasteiger partial charge in [0.2, 0.25) is 0 Å². The first-order valence-corrected chi connectivity index (χ1v) is 11.7. The molecule has 0 saturated carbocycles. The molecule has 6 aromatic rings. The fourth-order valence-corrected chi connectivity index (χ4v) is 4.13. The third kappa shape index (κ3) is 6.08. The Morgan fingerprint density at radius 1 is 0.784 bits per heavy atom. The van der Waals surface area contributed by atoms with E-state index in [1.807, 2.05) is 48.7 Å². The summed E-state index contributed by atoms with van der Waals surface area (Å²) < 4.78 is 5.16. The number of fused-ring (bicyclic) bond motifs is 3. The second kappa shape index (κ2) is 11.9. The maximum absolute atomic E-state index is 5.16. The van der Waals surface area contributed by atoms with E-state index >= 15 is 0 Å². The van der Waals surface area contributed by atoms with Crippen molar-refractivity contribution in [1.82, 2.24) is 15.0 Å². The molecule has 2 aromatic heterocycles. The second-order valence-electron chi connectivity index (χ2n) is 8.53. The topological polar surface area (TPSA) is 47.9 Å². The molecule has 0 unspecified atom stereocenters. The zero-order valence-electron chi connectivity index (χ0n) is 20.8. The molecular weight excluding hydrogens is 635 g/mol. The number of nitrogens with zero attached hydrogens (tertiary/aromatic N) is 3. The van der Waals surface area contributed by atoms with E-state index in [0.717, 1.165) is 44.4 Å². The molecule has 2 heterocycles. The molecule has 0 amide bonds. The Bertz CT molecular complexity index is 1610. The number of ether oxygens (including phenoxy) is 1. The maximum Gasteiger partial charge on any atom is 0.0756 e. The van der Waals surface area contributed by atoms with Crippen molar-refractivity contribution in [1.29, 1.82) is 0 Å². The van der Waals surface area contributed by atoms with Crippen LogP contribution in [0.3, 0.4) is 0 Å². The Hall–Kier alpha value is -3.92. The summed E-state index contributed by atoms with van der Waals surface area (Å²) in [5, 5.41) is 3.35. The van der Waals surface area contributed by atoms with Gasteiger partial charge in [-0.15, -0.1) is 64.7 Å². The minimum absolute atomic E-state index is 0. The van der Waals surface area contributed by atoms with E-state index < -0.39 is 0 Å². The predicted molar refractivity (Wildman–Crippen MR) is 146 cm³/mol. The molecule has 4 aromatic carbocycles. The van der Waals surface area contributed by atoms with E-state index in [2.05, 4.69) is 72.3 Å². The van der Waals surface area contributed by atoms with Gasteiger partial charge in [0.05, 0.1) is 18.5 Å². The van der Waals surface area contributed by atoms with Gasteiger partial charge < -0.3 is 9.72 Å². The fourth-order valence-electron chi connectivity index (χ4n) is 4.13. The molecule has 0 aliphatic rings. The number of pyridine rings is 1. The molecule has 0 saturated heterocycles. The van der Waals surface area contributed by atoms with Crippen LogP contribution in [0.1, 0.15) is 11.1 Å². The predicted octanol–water partition coefficient (Wildman–Crippen LogP) is 7.42. The van der Waals surface area contributed by atoms with Gasteiger partial charge in [-0.3, -0.25) is 9.97 Å². The Labute approximate surface area is 230 Å². The van der Waals surface area contributed by atoms with Gasteiger partial charge in [-0.25, -0.2) is 0 Å². The Morgan fingerprint density at radius 3 is 2.32 bits per heavy atom. The summed E-state index contributed by atoms with van der Waals surface area (Å²) in [4.78, 5) is 13.5. The van der Waals surface area contributed by atoms with Gasteiger partial charge in [0.1, 0.15) is 0 Å². The second-order valence-corrected chi connectivity index (χ2v) is 8.53. The average Bonchev–Trinajstić information content (AvgIpc) is 2.93. The Balaban J connectivity index is 0.000000186. The molecule has 37 heavy (non-hydrogen) atoms. The van der Waals surface area contributed by atoms with Crippen LogP contribution in [0.4, 0.5) is 0 Å². The molecule has 6 rings (SSSR count). The van der Waals surface area contributed by atoms with Gasteiger partial charge in [0.25, 0.3) is 0 Å². The summed E-state index contributed by atoms with van der Waals surface area (Å²) >= 11 is 0. The third-order valence-electron chi connectivity index (χ3n) is 5.83. The molecule has 0 bridgehead atoms. The van der Waals surface area contributed by atoms with Gasteiger partial charge in [0, 0.05) is 49.0 Å². The normalized spacial score (nSPS) is 10.4. The van der Waals surface area contributed by atoms with Gasteiger partial charge in [-0.05, 0) is 17.1 Å². The van der Waals surface area contributed by atoms with E-state index in [9.17, 15) is 0 Å². The molecular formula is C32H25IrN3O-2. The quantitative estimate of drug-likeness (QED) is 0.147. The number of benzene rings is 4. The summed E-state index contributed by atoms with van der Waals surface area (Å²) in [5.74, 6) is 1.45. The van der Waals surface area contributed by atoms with Crippen molar-refractivity contribution in [2.24, 2.45) is 0 Å². The molecule has 5 heteroatoms.